The van der Waals surface area contributed by atoms with Crippen molar-refractivity contribution in [2.45, 2.75) is 12.0 Å². The standard InChI is InChI=1S/C9H13N3O/c1-3-11-12-5-6-13-9(8(1)12)2-4-10-7-9/h1,5-6,10-11H,2-4,7H2. The molecule has 0 bridgehead atoms. The van der Waals surface area contributed by atoms with Crippen LogP contribution in [0.1, 0.15) is 6.42 Å². The van der Waals surface area contributed by atoms with Crippen LogP contribution in [0.15, 0.2) is 24.2 Å². The molecule has 0 aromatic rings. The second kappa shape index (κ2) is 2.49. The van der Waals surface area contributed by atoms with Gasteiger partial charge in [-0.3, -0.25) is 5.01 Å². The van der Waals surface area contributed by atoms with Crippen LogP contribution in [0.2, 0.25) is 0 Å². The summed E-state index contributed by atoms with van der Waals surface area (Å²) in [5.41, 5.74) is 4.42. The van der Waals surface area contributed by atoms with E-state index in [1.54, 1.807) is 6.26 Å². The van der Waals surface area contributed by atoms with Gasteiger partial charge in [-0.05, 0) is 12.6 Å². The normalized spacial score (nSPS) is 36.3. The Hall–Kier alpha value is -1.00. The van der Waals surface area contributed by atoms with E-state index in [1.165, 1.54) is 5.70 Å². The first-order valence-electron chi connectivity index (χ1n) is 4.69. The highest BCUT2D eigenvalue weighted by Crippen LogP contribution is 2.35. The van der Waals surface area contributed by atoms with E-state index < -0.39 is 0 Å². The van der Waals surface area contributed by atoms with Crippen molar-refractivity contribution < 1.29 is 4.74 Å². The van der Waals surface area contributed by atoms with Gasteiger partial charge in [0, 0.05) is 19.5 Å². The Morgan fingerprint density at radius 2 is 2.54 bits per heavy atom. The highest BCUT2D eigenvalue weighted by molar-refractivity contribution is 5.26. The lowest BCUT2D eigenvalue weighted by atomic mass is 9.97. The van der Waals surface area contributed by atoms with E-state index in [-0.39, 0.29) is 5.60 Å². The van der Waals surface area contributed by atoms with Gasteiger partial charge in [-0.2, -0.15) is 0 Å². The lowest BCUT2D eigenvalue weighted by Crippen LogP contribution is -2.45. The average molecular weight is 179 g/mol. The van der Waals surface area contributed by atoms with E-state index in [2.05, 4.69) is 21.8 Å². The molecule has 3 aliphatic heterocycles. The monoisotopic (exact) mass is 179 g/mol. The van der Waals surface area contributed by atoms with E-state index >= 15 is 0 Å². The van der Waals surface area contributed by atoms with Crippen molar-refractivity contribution in [3.8, 4) is 0 Å². The molecule has 3 rings (SSSR count). The zero-order valence-electron chi connectivity index (χ0n) is 7.42. The molecule has 70 valence electrons. The maximum Gasteiger partial charge on any atom is 0.163 e. The fourth-order valence-electron chi connectivity index (χ4n) is 2.23. The molecule has 0 saturated carbocycles. The predicted molar refractivity (Wildman–Crippen MR) is 48.4 cm³/mol. The SMILES string of the molecule is C1=CN2NCC=C2C2(CCNC2)O1. The molecule has 3 aliphatic rings. The zero-order chi connectivity index (χ0) is 8.73. The molecule has 3 heterocycles. The van der Waals surface area contributed by atoms with E-state index in [0.717, 1.165) is 26.1 Å². The second-order valence-corrected chi connectivity index (χ2v) is 3.65. The van der Waals surface area contributed by atoms with Crippen molar-refractivity contribution >= 4 is 0 Å². The largest absolute Gasteiger partial charge is 0.486 e. The number of nitrogens with zero attached hydrogens (tertiary/aromatic N) is 1. The number of hydrogen-bond donors (Lipinski definition) is 2. The summed E-state index contributed by atoms with van der Waals surface area (Å²) in [5, 5.41) is 5.41. The van der Waals surface area contributed by atoms with Crippen LogP contribution >= 0.6 is 0 Å². The van der Waals surface area contributed by atoms with Crippen LogP contribution in [0, 0.1) is 0 Å². The molecule has 0 amide bonds. The van der Waals surface area contributed by atoms with E-state index in [4.69, 9.17) is 4.74 Å². The maximum atomic E-state index is 5.75. The van der Waals surface area contributed by atoms with Gasteiger partial charge in [0.2, 0.25) is 0 Å². The minimum absolute atomic E-state index is 0.0990. The Morgan fingerprint density at radius 3 is 3.38 bits per heavy atom. The Balaban J connectivity index is 1.99. The Morgan fingerprint density at radius 1 is 1.54 bits per heavy atom. The molecule has 0 radical (unpaired) electrons. The average Bonchev–Trinajstić information content (AvgIpc) is 2.74. The Kier molecular flexibility index (Phi) is 1.42. The van der Waals surface area contributed by atoms with Crippen molar-refractivity contribution in [3.63, 3.8) is 0 Å². The van der Waals surface area contributed by atoms with Gasteiger partial charge in [-0.25, -0.2) is 5.43 Å². The number of hydrogen-bond acceptors (Lipinski definition) is 4. The summed E-state index contributed by atoms with van der Waals surface area (Å²) in [6.45, 7) is 2.87. The smallest absolute Gasteiger partial charge is 0.163 e. The quantitative estimate of drug-likeness (QED) is 0.545. The topological polar surface area (TPSA) is 36.5 Å². The summed E-state index contributed by atoms with van der Waals surface area (Å²) in [4.78, 5) is 0. The number of ether oxygens (including phenoxy) is 1. The Bertz CT molecular complexity index is 279. The second-order valence-electron chi connectivity index (χ2n) is 3.65. The summed E-state index contributed by atoms with van der Waals surface area (Å²) in [5.74, 6) is 0. The summed E-state index contributed by atoms with van der Waals surface area (Å²) >= 11 is 0. The summed E-state index contributed by atoms with van der Waals surface area (Å²) in [7, 11) is 0. The van der Waals surface area contributed by atoms with Crippen LogP contribution in [0.25, 0.3) is 0 Å². The Labute approximate surface area is 77.2 Å². The molecule has 13 heavy (non-hydrogen) atoms. The lowest BCUT2D eigenvalue weighted by molar-refractivity contribution is 0.0312. The number of fused-ring (bicyclic) bond motifs is 2. The van der Waals surface area contributed by atoms with Gasteiger partial charge in [0.25, 0.3) is 0 Å². The minimum atomic E-state index is -0.0990. The molecule has 4 nitrogen and oxygen atoms in total. The van der Waals surface area contributed by atoms with Gasteiger partial charge < -0.3 is 10.1 Å². The van der Waals surface area contributed by atoms with Gasteiger partial charge >= 0.3 is 0 Å². The first kappa shape index (κ1) is 7.41. The first-order chi connectivity index (χ1) is 6.41. The van der Waals surface area contributed by atoms with Crippen LogP contribution < -0.4 is 10.7 Å². The molecule has 0 aliphatic carbocycles. The molecule has 4 heteroatoms. The molecule has 2 N–H and O–H groups in total. The fraction of sp³-hybridized carbons (Fsp3) is 0.556. The van der Waals surface area contributed by atoms with Crippen LogP contribution in [0.3, 0.4) is 0 Å². The van der Waals surface area contributed by atoms with Gasteiger partial charge in [0.15, 0.2) is 5.60 Å². The molecule has 1 unspecified atom stereocenters. The van der Waals surface area contributed by atoms with Crippen molar-refractivity contribution in [2.75, 3.05) is 19.6 Å². The summed E-state index contributed by atoms with van der Waals surface area (Å²) < 4.78 is 5.75. The van der Waals surface area contributed by atoms with Gasteiger partial charge in [0.1, 0.15) is 6.26 Å². The van der Waals surface area contributed by atoms with Crippen LogP contribution in [0.4, 0.5) is 0 Å². The summed E-state index contributed by atoms with van der Waals surface area (Å²) in [6.07, 6.45) is 6.98. The van der Waals surface area contributed by atoms with Crippen molar-refractivity contribution in [1.29, 1.82) is 0 Å². The van der Waals surface area contributed by atoms with E-state index in [9.17, 15) is 0 Å². The van der Waals surface area contributed by atoms with E-state index in [1.807, 2.05) is 6.20 Å². The van der Waals surface area contributed by atoms with Crippen LogP contribution in [-0.2, 0) is 4.74 Å². The minimum Gasteiger partial charge on any atom is -0.486 e. The molecule has 1 atom stereocenters. The fourth-order valence-corrected chi connectivity index (χ4v) is 2.23. The van der Waals surface area contributed by atoms with Gasteiger partial charge in [-0.15, -0.1) is 0 Å². The number of hydrazine groups is 1. The molecule has 0 aromatic heterocycles. The molecule has 0 aromatic carbocycles. The molecular formula is C9H13N3O. The highest BCUT2D eigenvalue weighted by Gasteiger charge is 2.44. The van der Waals surface area contributed by atoms with E-state index in [0.29, 0.717) is 0 Å². The third kappa shape index (κ3) is 0.927. The van der Waals surface area contributed by atoms with Gasteiger partial charge in [-0.1, -0.05) is 0 Å². The third-order valence-electron chi connectivity index (χ3n) is 2.90. The van der Waals surface area contributed by atoms with Crippen molar-refractivity contribution in [2.24, 2.45) is 0 Å². The number of nitrogens with one attached hydrogen (secondary N) is 2. The highest BCUT2D eigenvalue weighted by atomic mass is 16.5. The lowest BCUT2D eigenvalue weighted by Gasteiger charge is -2.36. The van der Waals surface area contributed by atoms with Crippen LogP contribution in [-0.4, -0.2) is 30.2 Å². The van der Waals surface area contributed by atoms with Crippen molar-refractivity contribution in [1.82, 2.24) is 15.8 Å². The van der Waals surface area contributed by atoms with Gasteiger partial charge in [0.05, 0.1) is 11.9 Å². The summed E-state index contributed by atoms with van der Waals surface area (Å²) in [6, 6.07) is 0. The van der Waals surface area contributed by atoms with Crippen LogP contribution in [0.5, 0.6) is 0 Å². The molecular weight excluding hydrogens is 166 g/mol. The zero-order valence-corrected chi connectivity index (χ0v) is 7.42. The maximum absolute atomic E-state index is 5.75. The molecule has 1 fully saturated rings. The third-order valence-corrected chi connectivity index (χ3v) is 2.90. The molecule has 1 saturated heterocycles. The predicted octanol–water partition coefficient (Wildman–Crippen LogP) is -0.0760. The van der Waals surface area contributed by atoms with Crippen molar-refractivity contribution in [3.05, 3.63) is 24.2 Å². The molecule has 1 spiro atoms. The first-order valence-corrected chi connectivity index (χ1v) is 4.69. The number of rotatable bonds is 0.